The topological polar surface area (TPSA) is 48.4 Å². The summed E-state index contributed by atoms with van der Waals surface area (Å²) >= 11 is 0. The van der Waals surface area contributed by atoms with Gasteiger partial charge < -0.3 is 10.4 Å². The van der Waals surface area contributed by atoms with Crippen LogP contribution in [0.4, 0.5) is 10.1 Å². The SMILES string of the molecule is CC(Nc1cccc(CN2CCC(CO)CC2)c1)c1ccc(F)cn1. The van der Waals surface area contributed by atoms with E-state index in [1.165, 1.54) is 17.8 Å². The normalized spacial score (nSPS) is 17.4. The van der Waals surface area contributed by atoms with Crippen LogP contribution in [0, 0.1) is 11.7 Å². The summed E-state index contributed by atoms with van der Waals surface area (Å²) in [4.78, 5) is 6.58. The molecule has 0 saturated carbocycles. The van der Waals surface area contributed by atoms with Gasteiger partial charge in [0.15, 0.2) is 0 Å². The van der Waals surface area contributed by atoms with Crippen molar-refractivity contribution < 1.29 is 9.50 Å². The number of aliphatic hydroxyl groups is 1. The summed E-state index contributed by atoms with van der Waals surface area (Å²) in [5, 5.41) is 12.7. The Balaban J connectivity index is 1.58. The number of hydrogen-bond donors (Lipinski definition) is 2. The van der Waals surface area contributed by atoms with Gasteiger partial charge in [-0.2, -0.15) is 0 Å². The summed E-state index contributed by atoms with van der Waals surface area (Å²) in [5.74, 6) is 0.149. The second-order valence-electron chi connectivity index (χ2n) is 6.87. The van der Waals surface area contributed by atoms with Gasteiger partial charge in [0, 0.05) is 18.8 Å². The molecule has 0 spiro atoms. The first-order valence-electron chi connectivity index (χ1n) is 8.94. The molecular weight excluding hydrogens is 317 g/mol. The fourth-order valence-electron chi connectivity index (χ4n) is 3.31. The monoisotopic (exact) mass is 343 g/mol. The lowest BCUT2D eigenvalue weighted by atomic mass is 9.97. The minimum absolute atomic E-state index is 0.0103. The van der Waals surface area contributed by atoms with Gasteiger partial charge in [-0.1, -0.05) is 12.1 Å². The van der Waals surface area contributed by atoms with Crippen molar-refractivity contribution in [3.8, 4) is 0 Å². The van der Waals surface area contributed by atoms with E-state index >= 15 is 0 Å². The molecule has 2 aromatic rings. The molecule has 1 aromatic heterocycles. The predicted octanol–water partition coefficient (Wildman–Crippen LogP) is 3.60. The van der Waals surface area contributed by atoms with Gasteiger partial charge in [-0.3, -0.25) is 9.88 Å². The third-order valence-electron chi connectivity index (χ3n) is 4.88. The maximum absolute atomic E-state index is 13.0. The van der Waals surface area contributed by atoms with E-state index < -0.39 is 0 Å². The summed E-state index contributed by atoms with van der Waals surface area (Å²) in [6.07, 6.45) is 3.39. The zero-order chi connectivity index (χ0) is 17.6. The van der Waals surface area contributed by atoms with E-state index in [2.05, 4.69) is 33.4 Å². The first-order chi connectivity index (χ1) is 12.1. The van der Waals surface area contributed by atoms with Crippen LogP contribution < -0.4 is 5.32 Å². The fourth-order valence-corrected chi connectivity index (χ4v) is 3.31. The number of hydrogen-bond acceptors (Lipinski definition) is 4. The molecule has 1 unspecified atom stereocenters. The molecule has 2 heterocycles. The molecule has 3 rings (SSSR count). The third kappa shape index (κ3) is 5.00. The molecular formula is C20H26FN3O. The number of likely N-dealkylation sites (tertiary alicyclic amines) is 1. The van der Waals surface area contributed by atoms with Crippen LogP contribution in [0.5, 0.6) is 0 Å². The highest BCUT2D eigenvalue weighted by atomic mass is 19.1. The number of nitrogens with zero attached hydrogens (tertiary/aromatic N) is 2. The molecule has 25 heavy (non-hydrogen) atoms. The van der Waals surface area contributed by atoms with E-state index in [1.807, 2.05) is 13.0 Å². The van der Waals surface area contributed by atoms with Crippen molar-refractivity contribution in [1.29, 1.82) is 0 Å². The number of piperidine rings is 1. The first kappa shape index (κ1) is 17.8. The summed E-state index contributed by atoms with van der Waals surface area (Å²) in [7, 11) is 0. The molecule has 1 aliphatic rings. The average molecular weight is 343 g/mol. The van der Waals surface area contributed by atoms with Crippen molar-refractivity contribution in [3.05, 3.63) is 59.7 Å². The van der Waals surface area contributed by atoms with E-state index in [9.17, 15) is 9.50 Å². The van der Waals surface area contributed by atoms with Crippen LogP contribution in [0.25, 0.3) is 0 Å². The predicted molar refractivity (Wildman–Crippen MR) is 97.8 cm³/mol. The third-order valence-corrected chi connectivity index (χ3v) is 4.88. The van der Waals surface area contributed by atoms with Crippen molar-refractivity contribution in [3.63, 3.8) is 0 Å². The van der Waals surface area contributed by atoms with Gasteiger partial charge in [0.05, 0.1) is 17.9 Å². The summed E-state index contributed by atoms with van der Waals surface area (Å²) < 4.78 is 13.0. The Morgan fingerprint density at radius 3 is 2.76 bits per heavy atom. The molecule has 1 aromatic carbocycles. The number of aliphatic hydroxyl groups excluding tert-OH is 1. The van der Waals surface area contributed by atoms with E-state index in [0.29, 0.717) is 12.5 Å². The van der Waals surface area contributed by atoms with E-state index in [1.54, 1.807) is 6.07 Å². The molecule has 1 atom stereocenters. The lowest BCUT2D eigenvalue weighted by molar-refractivity contribution is 0.127. The van der Waals surface area contributed by atoms with Gasteiger partial charge in [0.2, 0.25) is 0 Å². The molecule has 0 amide bonds. The largest absolute Gasteiger partial charge is 0.396 e. The summed E-state index contributed by atoms with van der Waals surface area (Å²) in [6.45, 7) is 5.34. The van der Waals surface area contributed by atoms with Crippen LogP contribution in [-0.2, 0) is 6.54 Å². The van der Waals surface area contributed by atoms with Crippen molar-refractivity contribution in [2.75, 3.05) is 25.0 Å². The number of rotatable bonds is 6. The van der Waals surface area contributed by atoms with Crippen LogP contribution in [-0.4, -0.2) is 34.7 Å². The van der Waals surface area contributed by atoms with E-state index in [-0.39, 0.29) is 11.9 Å². The highest BCUT2D eigenvalue weighted by Gasteiger charge is 2.18. The average Bonchev–Trinajstić information content (AvgIpc) is 2.63. The van der Waals surface area contributed by atoms with Gasteiger partial charge in [-0.15, -0.1) is 0 Å². The quantitative estimate of drug-likeness (QED) is 0.841. The second kappa shape index (κ2) is 8.41. The lowest BCUT2D eigenvalue weighted by Gasteiger charge is -2.31. The Kier molecular flexibility index (Phi) is 6.00. The van der Waals surface area contributed by atoms with Crippen LogP contribution in [0.2, 0.25) is 0 Å². The van der Waals surface area contributed by atoms with E-state index in [0.717, 1.165) is 43.9 Å². The standard InChI is InChI=1S/C20H26FN3O/c1-15(20-6-5-18(21)12-22-20)23-19-4-2-3-17(11-19)13-24-9-7-16(14-25)8-10-24/h2-6,11-12,15-16,23,25H,7-10,13-14H2,1H3. The number of anilines is 1. The minimum Gasteiger partial charge on any atom is -0.396 e. The minimum atomic E-state index is -0.317. The highest BCUT2D eigenvalue weighted by molar-refractivity contribution is 5.47. The Labute approximate surface area is 148 Å². The smallest absolute Gasteiger partial charge is 0.141 e. The Bertz CT molecular complexity index is 669. The maximum atomic E-state index is 13.0. The maximum Gasteiger partial charge on any atom is 0.141 e. The zero-order valence-corrected chi connectivity index (χ0v) is 14.7. The van der Waals surface area contributed by atoms with Crippen molar-refractivity contribution in [2.45, 2.75) is 32.4 Å². The molecule has 2 N–H and O–H groups in total. The van der Waals surface area contributed by atoms with Crippen molar-refractivity contribution in [2.24, 2.45) is 5.92 Å². The van der Waals surface area contributed by atoms with Crippen LogP contribution in [0.15, 0.2) is 42.6 Å². The number of halogens is 1. The first-order valence-corrected chi connectivity index (χ1v) is 8.94. The molecule has 5 heteroatoms. The molecule has 0 radical (unpaired) electrons. The molecule has 1 fully saturated rings. The second-order valence-corrected chi connectivity index (χ2v) is 6.87. The van der Waals surface area contributed by atoms with Gasteiger partial charge in [-0.05, 0) is 68.6 Å². The molecule has 1 aliphatic heterocycles. The Morgan fingerprint density at radius 1 is 1.28 bits per heavy atom. The van der Waals surface area contributed by atoms with Crippen molar-refractivity contribution in [1.82, 2.24) is 9.88 Å². The highest BCUT2D eigenvalue weighted by Crippen LogP contribution is 2.22. The molecule has 1 saturated heterocycles. The van der Waals surface area contributed by atoms with Gasteiger partial charge in [0.1, 0.15) is 5.82 Å². The van der Waals surface area contributed by atoms with Gasteiger partial charge >= 0.3 is 0 Å². The molecule has 134 valence electrons. The summed E-state index contributed by atoms with van der Waals surface area (Å²) in [5.41, 5.74) is 3.13. The fraction of sp³-hybridized carbons (Fsp3) is 0.450. The number of nitrogens with one attached hydrogen (secondary N) is 1. The van der Waals surface area contributed by atoms with Crippen LogP contribution >= 0.6 is 0 Å². The van der Waals surface area contributed by atoms with Crippen LogP contribution in [0.1, 0.15) is 37.1 Å². The zero-order valence-electron chi connectivity index (χ0n) is 14.7. The van der Waals surface area contributed by atoms with Gasteiger partial charge in [-0.25, -0.2) is 4.39 Å². The van der Waals surface area contributed by atoms with Gasteiger partial charge in [0.25, 0.3) is 0 Å². The van der Waals surface area contributed by atoms with Crippen LogP contribution in [0.3, 0.4) is 0 Å². The number of aromatic nitrogens is 1. The Morgan fingerprint density at radius 2 is 2.08 bits per heavy atom. The Hall–Kier alpha value is -1.98. The molecule has 0 aliphatic carbocycles. The summed E-state index contributed by atoms with van der Waals surface area (Å²) in [6, 6.07) is 11.6. The van der Waals surface area contributed by atoms with Crippen molar-refractivity contribution >= 4 is 5.69 Å². The van der Waals surface area contributed by atoms with E-state index in [4.69, 9.17) is 0 Å². The molecule has 0 bridgehead atoms. The lowest BCUT2D eigenvalue weighted by Crippen LogP contribution is -2.34. The number of pyridine rings is 1. The molecule has 4 nitrogen and oxygen atoms in total. The number of benzene rings is 1.